The van der Waals surface area contributed by atoms with Crippen molar-refractivity contribution >= 4 is 29.1 Å². The van der Waals surface area contributed by atoms with E-state index in [0.29, 0.717) is 17.9 Å². The maximum atomic E-state index is 5.70. The lowest BCUT2D eigenvalue weighted by Gasteiger charge is -2.25. The van der Waals surface area contributed by atoms with Gasteiger partial charge in [-0.25, -0.2) is 9.67 Å². The predicted octanol–water partition coefficient (Wildman–Crippen LogP) is 3.06. The zero-order chi connectivity index (χ0) is 20.3. The molecule has 10 heteroatoms. The molecule has 0 amide bonds. The fourth-order valence-electron chi connectivity index (χ4n) is 4.41. The molecule has 0 saturated carbocycles. The maximum absolute atomic E-state index is 5.70. The van der Waals surface area contributed by atoms with Crippen molar-refractivity contribution in [1.82, 2.24) is 30.2 Å². The van der Waals surface area contributed by atoms with Crippen LogP contribution in [-0.2, 0) is 17.7 Å². The molecule has 0 radical (unpaired) electrons. The number of aromatic nitrogens is 5. The number of nitrogens with zero attached hydrogens (tertiary/aromatic N) is 5. The van der Waals surface area contributed by atoms with E-state index in [4.69, 9.17) is 14.2 Å². The van der Waals surface area contributed by atoms with Crippen molar-refractivity contribution in [3.05, 3.63) is 18.2 Å². The van der Waals surface area contributed by atoms with Crippen molar-refractivity contribution in [3.63, 3.8) is 0 Å². The Morgan fingerprint density at radius 1 is 1.16 bits per heavy atom. The van der Waals surface area contributed by atoms with Gasteiger partial charge < -0.3 is 19.9 Å². The fourth-order valence-corrected chi connectivity index (χ4v) is 4.41. The van der Waals surface area contributed by atoms with Gasteiger partial charge in [-0.15, -0.1) is 12.4 Å². The number of hydrogen-bond acceptors (Lipinski definition) is 8. The van der Waals surface area contributed by atoms with E-state index in [2.05, 4.69) is 32.8 Å². The summed E-state index contributed by atoms with van der Waals surface area (Å²) in [6.07, 6.45) is 8.82. The third-order valence-corrected chi connectivity index (χ3v) is 6.16. The topological polar surface area (TPSA) is 103 Å². The first-order valence-corrected chi connectivity index (χ1v) is 11.0. The van der Waals surface area contributed by atoms with Crippen LogP contribution in [0.15, 0.2) is 16.9 Å². The summed E-state index contributed by atoms with van der Waals surface area (Å²) in [5.41, 5.74) is 2.68. The Morgan fingerprint density at radius 3 is 2.74 bits per heavy atom. The summed E-state index contributed by atoms with van der Waals surface area (Å²) in [4.78, 5) is 9.40. The molecule has 2 N–H and O–H groups in total. The van der Waals surface area contributed by atoms with E-state index in [-0.39, 0.29) is 12.4 Å². The molecule has 0 atom stereocenters. The van der Waals surface area contributed by atoms with Gasteiger partial charge in [0, 0.05) is 38.4 Å². The summed E-state index contributed by atoms with van der Waals surface area (Å²) in [6, 6.07) is 0.338. The number of piperidine rings is 1. The average molecular weight is 448 g/mol. The van der Waals surface area contributed by atoms with Gasteiger partial charge in [0.15, 0.2) is 11.5 Å². The zero-order valence-corrected chi connectivity index (χ0v) is 18.7. The molecule has 3 aromatic heterocycles. The first-order chi connectivity index (χ1) is 14.8. The number of rotatable bonds is 6. The molecule has 5 heterocycles. The van der Waals surface area contributed by atoms with E-state index < -0.39 is 0 Å². The monoisotopic (exact) mass is 447 g/mol. The smallest absolute Gasteiger partial charge is 0.261 e. The number of fused-ring (bicyclic) bond motifs is 1. The maximum Gasteiger partial charge on any atom is 0.261 e. The normalized spacial score (nSPS) is 18.2. The lowest BCUT2D eigenvalue weighted by atomic mass is 9.94. The van der Waals surface area contributed by atoms with Crippen LogP contribution < -0.4 is 10.6 Å². The minimum Gasteiger partial charge on any atom is -0.381 e. The minimum atomic E-state index is 0. The van der Waals surface area contributed by atoms with Gasteiger partial charge in [0.2, 0.25) is 0 Å². The van der Waals surface area contributed by atoms with Gasteiger partial charge in [-0.1, -0.05) is 5.16 Å². The third-order valence-electron chi connectivity index (χ3n) is 6.16. The molecule has 168 valence electrons. The quantitative estimate of drug-likeness (QED) is 0.594. The van der Waals surface area contributed by atoms with Crippen molar-refractivity contribution in [1.29, 1.82) is 0 Å². The largest absolute Gasteiger partial charge is 0.381 e. The van der Waals surface area contributed by atoms with Crippen LogP contribution in [0.2, 0.25) is 0 Å². The van der Waals surface area contributed by atoms with Gasteiger partial charge in [0.25, 0.3) is 5.89 Å². The molecular weight excluding hydrogens is 418 g/mol. The van der Waals surface area contributed by atoms with Crippen LogP contribution in [0.5, 0.6) is 0 Å². The first kappa shape index (κ1) is 22.0. The zero-order valence-electron chi connectivity index (χ0n) is 17.8. The lowest BCUT2D eigenvalue weighted by Crippen LogP contribution is -2.28. The molecule has 0 unspecified atom stereocenters. The van der Waals surface area contributed by atoms with Crippen LogP contribution in [0.4, 0.5) is 5.69 Å². The molecule has 0 aliphatic carbocycles. The van der Waals surface area contributed by atoms with Crippen LogP contribution >= 0.6 is 12.4 Å². The van der Waals surface area contributed by atoms with Crippen molar-refractivity contribution in [3.8, 4) is 11.5 Å². The van der Waals surface area contributed by atoms with Crippen molar-refractivity contribution in [2.45, 2.75) is 51.6 Å². The van der Waals surface area contributed by atoms with Gasteiger partial charge in [-0.2, -0.15) is 10.1 Å². The van der Waals surface area contributed by atoms with Crippen molar-refractivity contribution in [2.75, 3.05) is 31.6 Å². The molecular formula is C21H30ClN7O2. The molecule has 2 saturated heterocycles. The summed E-state index contributed by atoms with van der Waals surface area (Å²) in [6.45, 7) is 6.52. The summed E-state index contributed by atoms with van der Waals surface area (Å²) < 4.78 is 13.1. The molecule has 5 rings (SSSR count). The number of anilines is 1. The molecule has 9 nitrogen and oxygen atoms in total. The van der Waals surface area contributed by atoms with Crippen molar-refractivity contribution < 1.29 is 9.26 Å². The molecule has 0 spiro atoms. The molecule has 2 aliphatic rings. The number of halogens is 1. The second-order valence-electron chi connectivity index (χ2n) is 8.19. The first-order valence-electron chi connectivity index (χ1n) is 11.0. The van der Waals surface area contributed by atoms with Gasteiger partial charge in [0.05, 0.1) is 22.8 Å². The van der Waals surface area contributed by atoms with Crippen LogP contribution in [0.3, 0.4) is 0 Å². The molecule has 2 fully saturated rings. The Morgan fingerprint density at radius 2 is 1.97 bits per heavy atom. The molecule has 31 heavy (non-hydrogen) atoms. The Bertz CT molecular complexity index is 993. The highest BCUT2D eigenvalue weighted by atomic mass is 35.5. The highest BCUT2D eigenvalue weighted by molar-refractivity contribution is 5.96. The number of nitrogens with one attached hydrogen (secondary N) is 2. The van der Waals surface area contributed by atoms with Crippen molar-refractivity contribution in [2.24, 2.45) is 5.92 Å². The fraction of sp³-hybridized carbons (Fsp3) is 0.619. The molecule has 0 aromatic carbocycles. The summed E-state index contributed by atoms with van der Waals surface area (Å²) in [7, 11) is 0. The van der Waals surface area contributed by atoms with Crippen LogP contribution in [0.1, 0.15) is 38.4 Å². The Kier molecular flexibility index (Phi) is 7.04. The summed E-state index contributed by atoms with van der Waals surface area (Å²) in [5.74, 6) is 1.91. The standard InChI is InChI=1S/C21H29N7O2.ClH/c1-2-28-20-16(13-24-28)19(25-15-5-9-29-10-6-15)17(12-23-20)21-26-18(27-30-21)11-14-3-7-22-8-4-14;/h12-15,22H,2-11H2,1H3,(H,23,25);1H. The van der Waals surface area contributed by atoms with E-state index in [1.54, 1.807) is 0 Å². The second-order valence-corrected chi connectivity index (χ2v) is 8.19. The third kappa shape index (κ3) is 4.68. The Hall–Kier alpha value is -2.23. The average Bonchev–Trinajstić information content (AvgIpc) is 3.42. The van der Waals surface area contributed by atoms with E-state index in [9.17, 15) is 0 Å². The van der Waals surface area contributed by atoms with E-state index in [1.807, 2.05) is 17.1 Å². The SMILES string of the molecule is CCn1ncc2c(NC3CCOCC3)c(-c3nc(CC4CCNCC4)no3)cnc21.Cl. The minimum absolute atomic E-state index is 0. The van der Waals surface area contributed by atoms with E-state index in [0.717, 1.165) is 93.1 Å². The van der Waals surface area contributed by atoms with Crippen LogP contribution in [0.25, 0.3) is 22.5 Å². The lowest BCUT2D eigenvalue weighted by molar-refractivity contribution is 0.0905. The molecule has 2 aliphatic heterocycles. The summed E-state index contributed by atoms with van der Waals surface area (Å²) >= 11 is 0. The van der Waals surface area contributed by atoms with Gasteiger partial charge in [-0.3, -0.25) is 0 Å². The molecule has 0 bridgehead atoms. The Labute approximate surface area is 187 Å². The molecule has 3 aromatic rings. The predicted molar refractivity (Wildman–Crippen MR) is 121 cm³/mol. The van der Waals surface area contributed by atoms with Crippen LogP contribution in [-0.4, -0.2) is 57.3 Å². The van der Waals surface area contributed by atoms with Gasteiger partial charge >= 0.3 is 0 Å². The number of pyridine rings is 1. The number of ether oxygens (including phenoxy) is 1. The highest BCUT2D eigenvalue weighted by Gasteiger charge is 2.23. The summed E-state index contributed by atoms with van der Waals surface area (Å²) in [5, 5.41) is 16.9. The number of aryl methyl sites for hydroxylation is 1. The van der Waals surface area contributed by atoms with Crippen LogP contribution in [0, 0.1) is 5.92 Å². The van der Waals surface area contributed by atoms with Gasteiger partial charge in [-0.05, 0) is 51.6 Å². The highest BCUT2D eigenvalue weighted by Crippen LogP contribution is 2.34. The number of hydrogen-bond donors (Lipinski definition) is 2. The Balaban J connectivity index is 0.00000231. The van der Waals surface area contributed by atoms with Gasteiger partial charge in [0.1, 0.15) is 0 Å². The van der Waals surface area contributed by atoms with E-state index >= 15 is 0 Å². The van der Waals surface area contributed by atoms with E-state index in [1.165, 1.54) is 0 Å². The second kappa shape index (κ2) is 9.93.